The Kier molecular flexibility index (Phi) is 17.6. The molecule has 0 fully saturated rings. The molecule has 0 atom stereocenters. The molecule has 0 spiro atoms. The van der Waals surface area contributed by atoms with Gasteiger partial charge >= 0.3 is 0 Å². The molecule has 2 N–H and O–H groups in total. The number of rotatable bonds is 8. The first kappa shape index (κ1) is 40.2. The molecule has 0 aliphatic heterocycles. The zero-order chi connectivity index (χ0) is 29.4. The van der Waals surface area contributed by atoms with Gasteiger partial charge in [-0.1, -0.05) is 75.2 Å². The van der Waals surface area contributed by atoms with Crippen LogP contribution in [-0.4, -0.2) is 23.1 Å². The third-order valence-corrected chi connectivity index (χ3v) is 6.75. The Bertz CT molecular complexity index is 1270. The number of hydrogen-bond donors (Lipinski definition) is 2. The van der Waals surface area contributed by atoms with Gasteiger partial charge in [-0.25, -0.2) is 9.97 Å². The minimum Gasteiger partial charge on any atom is -0.370 e. The van der Waals surface area contributed by atoms with E-state index in [0.717, 1.165) is 36.1 Å². The number of nitrogens with one attached hydrogen (secondary N) is 2. The van der Waals surface area contributed by atoms with Crippen molar-refractivity contribution in [3.8, 4) is 22.5 Å². The number of hydrogen-bond acceptors (Lipinski definition) is 4. The van der Waals surface area contributed by atoms with Crippen molar-refractivity contribution in [3.05, 3.63) is 109 Å². The van der Waals surface area contributed by atoms with E-state index in [1.54, 1.807) is 0 Å². The van der Waals surface area contributed by atoms with Gasteiger partial charge in [-0.05, 0) is 99.9 Å². The van der Waals surface area contributed by atoms with Crippen LogP contribution in [0.4, 0.5) is 11.6 Å². The van der Waals surface area contributed by atoms with E-state index in [1.165, 1.54) is 44.5 Å². The molecule has 232 valence electrons. The van der Waals surface area contributed by atoms with Gasteiger partial charge in [0.2, 0.25) is 0 Å². The number of benzene rings is 2. The zero-order valence-electron chi connectivity index (χ0n) is 28.7. The third-order valence-electron chi connectivity index (χ3n) is 6.75. The standard InChI is InChI=1S/2C18H24N2.2CH3.Hf/c2*1-12(2)11-19-17-8-6-7-16(20-17)18-14(4)9-13(3)10-15(18)5;;;/h2*6-10,12H,11H2,1-5H3,(H,19,20);2*1H3;/q;;2*-1;. The van der Waals surface area contributed by atoms with E-state index in [0.29, 0.717) is 11.8 Å². The summed E-state index contributed by atoms with van der Waals surface area (Å²) in [6.07, 6.45) is 0. The van der Waals surface area contributed by atoms with Gasteiger partial charge in [-0.3, -0.25) is 0 Å². The second-order valence-corrected chi connectivity index (χ2v) is 11.9. The van der Waals surface area contributed by atoms with Crippen molar-refractivity contribution < 1.29 is 25.8 Å². The second-order valence-electron chi connectivity index (χ2n) is 11.9. The predicted octanol–water partition coefficient (Wildman–Crippen LogP) is 10.4. The Morgan fingerprint density at radius 2 is 0.837 bits per heavy atom. The molecule has 0 saturated carbocycles. The van der Waals surface area contributed by atoms with Crippen LogP contribution < -0.4 is 10.6 Å². The molecule has 2 heterocycles. The largest absolute Gasteiger partial charge is 0.370 e. The van der Waals surface area contributed by atoms with Gasteiger partial charge < -0.3 is 25.5 Å². The van der Waals surface area contributed by atoms with E-state index in [1.807, 2.05) is 12.1 Å². The maximum Gasteiger partial charge on any atom is 0.126 e. The normalized spacial score (nSPS) is 10.1. The van der Waals surface area contributed by atoms with E-state index in [9.17, 15) is 0 Å². The Morgan fingerprint density at radius 3 is 1.12 bits per heavy atom. The summed E-state index contributed by atoms with van der Waals surface area (Å²) in [6.45, 7) is 23.6. The summed E-state index contributed by atoms with van der Waals surface area (Å²) in [4.78, 5) is 9.51. The molecular formula is C38H54HfN4-2. The average molecular weight is 745 g/mol. The number of aryl methyl sites for hydroxylation is 6. The first-order chi connectivity index (χ1) is 18.9. The maximum absolute atomic E-state index is 4.76. The molecule has 43 heavy (non-hydrogen) atoms. The fourth-order valence-corrected chi connectivity index (χ4v) is 5.13. The van der Waals surface area contributed by atoms with Gasteiger partial charge in [0.15, 0.2) is 0 Å². The van der Waals surface area contributed by atoms with Crippen LogP contribution in [0.5, 0.6) is 0 Å². The summed E-state index contributed by atoms with van der Waals surface area (Å²) >= 11 is 0. The molecule has 4 rings (SSSR count). The molecule has 0 amide bonds. The molecule has 0 saturated heterocycles. The molecule has 2 aromatic carbocycles. The summed E-state index contributed by atoms with van der Waals surface area (Å²) in [5.41, 5.74) is 12.4. The van der Waals surface area contributed by atoms with Gasteiger partial charge in [-0.15, -0.1) is 0 Å². The van der Waals surface area contributed by atoms with Gasteiger partial charge in [0.1, 0.15) is 11.6 Å². The van der Waals surface area contributed by atoms with Crippen LogP contribution >= 0.6 is 0 Å². The van der Waals surface area contributed by atoms with Gasteiger partial charge in [0.05, 0.1) is 11.4 Å². The first-order valence-electron chi connectivity index (χ1n) is 14.5. The SMILES string of the molecule is Cc1cc(C)c(-c2cccc(NCC(C)C)n2)c(C)c1.Cc1cc(C)c(-c2cccc(NCC(C)C)n2)c(C)c1.[CH3-].[CH3-].[Hf]. The van der Waals surface area contributed by atoms with Crippen molar-refractivity contribution in [2.45, 2.75) is 69.2 Å². The van der Waals surface area contributed by atoms with Crippen molar-refractivity contribution in [3.63, 3.8) is 0 Å². The molecule has 0 aliphatic rings. The molecule has 2 aromatic heterocycles. The summed E-state index contributed by atoms with van der Waals surface area (Å²) in [5, 5.41) is 6.79. The molecule has 4 aromatic rings. The fraction of sp³-hybridized carbons (Fsp3) is 0.368. The number of pyridine rings is 2. The van der Waals surface area contributed by atoms with Gasteiger partial charge in [0.25, 0.3) is 0 Å². The Hall–Kier alpha value is -2.79. The number of nitrogens with zero attached hydrogens (tertiary/aromatic N) is 2. The monoisotopic (exact) mass is 746 g/mol. The topological polar surface area (TPSA) is 49.8 Å². The summed E-state index contributed by atoms with van der Waals surface area (Å²) < 4.78 is 0. The molecular weight excluding hydrogens is 691 g/mol. The quantitative estimate of drug-likeness (QED) is 0.139. The smallest absolute Gasteiger partial charge is 0.126 e. The average Bonchev–Trinajstić information content (AvgIpc) is 2.86. The van der Waals surface area contributed by atoms with E-state index in [-0.39, 0.29) is 40.7 Å². The van der Waals surface area contributed by atoms with Crippen LogP contribution in [0.25, 0.3) is 22.5 Å². The van der Waals surface area contributed by atoms with E-state index in [4.69, 9.17) is 9.97 Å². The van der Waals surface area contributed by atoms with E-state index < -0.39 is 0 Å². The van der Waals surface area contributed by atoms with E-state index in [2.05, 4.69) is 128 Å². The van der Waals surface area contributed by atoms with Crippen LogP contribution in [0.1, 0.15) is 61.1 Å². The Balaban J connectivity index is 0.000000767. The van der Waals surface area contributed by atoms with Gasteiger partial charge in [0, 0.05) is 50.1 Å². The maximum atomic E-state index is 4.76. The Morgan fingerprint density at radius 1 is 0.535 bits per heavy atom. The summed E-state index contributed by atoms with van der Waals surface area (Å²) in [5.74, 6) is 3.14. The molecule has 0 aliphatic carbocycles. The predicted molar refractivity (Wildman–Crippen MR) is 187 cm³/mol. The zero-order valence-corrected chi connectivity index (χ0v) is 32.3. The first-order valence-corrected chi connectivity index (χ1v) is 14.5. The number of aromatic nitrogens is 2. The molecule has 0 bridgehead atoms. The molecule has 4 nitrogen and oxygen atoms in total. The minimum absolute atomic E-state index is 0. The Labute approximate surface area is 282 Å². The van der Waals surface area contributed by atoms with Crippen LogP contribution in [-0.2, 0) is 25.8 Å². The van der Waals surface area contributed by atoms with Crippen molar-refractivity contribution in [2.24, 2.45) is 11.8 Å². The van der Waals surface area contributed by atoms with Crippen LogP contribution in [0.2, 0.25) is 0 Å². The van der Waals surface area contributed by atoms with Crippen LogP contribution in [0.15, 0.2) is 60.7 Å². The summed E-state index contributed by atoms with van der Waals surface area (Å²) in [7, 11) is 0. The van der Waals surface area contributed by atoms with Gasteiger partial charge in [-0.2, -0.15) is 0 Å². The third kappa shape index (κ3) is 12.0. The van der Waals surface area contributed by atoms with Crippen LogP contribution in [0.3, 0.4) is 0 Å². The minimum atomic E-state index is 0. The molecule has 0 radical (unpaired) electrons. The van der Waals surface area contributed by atoms with Crippen molar-refractivity contribution in [1.82, 2.24) is 9.97 Å². The van der Waals surface area contributed by atoms with E-state index >= 15 is 0 Å². The van der Waals surface area contributed by atoms with Crippen molar-refractivity contribution in [1.29, 1.82) is 0 Å². The fourth-order valence-electron chi connectivity index (χ4n) is 5.13. The second kappa shape index (κ2) is 18.8. The van der Waals surface area contributed by atoms with Crippen LogP contribution in [0, 0.1) is 68.2 Å². The summed E-state index contributed by atoms with van der Waals surface area (Å²) in [6, 6.07) is 21.3. The van der Waals surface area contributed by atoms with Crippen molar-refractivity contribution >= 4 is 11.6 Å². The molecule has 0 unspecified atom stereocenters. The molecule has 5 heteroatoms. The van der Waals surface area contributed by atoms with Crippen molar-refractivity contribution in [2.75, 3.05) is 23.7 Å². The number of anilines is 2.